The van der Waals surface area contributed by atoms with Crippen LogP contribution in [-0.4, -0.2) is 12.2 Å². The second kappa shape index (κ2) is 4.53. The molecule has 70 valence electrons. The van der Waals surface area contributed by atoms with E-state index in [1.54, 1.807) is 17.8 Å². The molecule has 0 saturated carbocycles. The molecule has 1 amide bonds. The Bertz CT molecular complexity index is 327. The van der Waals surface area contributed by atoms with Crippen molar-refractivity contribution in [2.75, 3.05) is 11.6 Å². The first-order valence-electron chi connectivity index (χ1n) is 3.74. The van der Waals surface area contributed by atoms with E-state index in [1.807, 2.05) is 18.4 Å². The number of hydrogen-bond donors (Lipinski definition) is 1. The molecule has 0 aliphatic heterocycles. The number of carbonyl (C=O) groups excluding carboxylic acids is 1. The number of hydrogen-bond acceptors (Lipinski definition) is 2. The fourth-order valence-corrected chi connectivity index (χ4v) is 1.65. The Morgan fingerprint density at radius 3 is 2.69 bits per heavy atom. The van der Waals surface area contributed by atoms with Crippen LogP contribution in [0.3, 0.4) is 0 Å². The van der Waals surface area contributed by atoms with Crippen molar-refractivity contribution in [3.05, 3.63) is 23.2 Å². The maximum atomic E-state index is 10.7. The van der Waals surface area contributed by atoms with Crippen molar-refractivity contribution in [2.45, 2.75) is 11.8 Å². The number of benzene rings is 1. The van der Waals surface area contributed by atoms with Crippen LogP contribution >= 0.6 is 23.4 Å². The number of thioether (sulfide) groups is 1. The highest BCUT2D eigenvalue weighted by atomic mass is 35.5. The highest BCUT2D eigenvalue weighted by Gasteiger charge is 2.02. The maximum Gasteiger partial charge on any atom is 0.221 e. The quantitative estimate of drug-likeness (QED) is 0.769. The summed E-state index contributed by atoms with van der Waals surface area (Å²) in [7, 11) is 0. The van der Waals surface area contributed by atoms with Gasteiger partial charge in [-0.15, -0.1) is 11.8 Å². The van der Waals surface area contributed by atoms with Gasteiger partial charge in [0.2, 0.25) is 5.91 Å². The van der Waals surface area contributed by atoms with Gasteiger partial charge in [-0.25, -0.2) is 0 Å². The van der Waals surface area contributed by atoms with Crippen molar-refractivity contribution < 1.29 is 4.79 Å². The molecule has 1 N–H and O–H groups in total. The average Bonchev–Trinajstić information content (AvgIpc) is 2.08. The lowest BCUT2D eigenvalue weighted by Crippen LogP contribution is -2.05. The second-order valence-electron chi connectivity index (χ2n) is 2.53. The van der Waals surface area contributed by atoms with Gasteiger partial charge in [-0.05, 0) is 24.5 Å². The van der Waals surface area contributed by atoms with Gasteiger partial charge in [-0.2, -0.15) is 0 Å². The molecule has 0 fully saturated rings. The van der Waals surface area contributed by atoms with Crippen LogP contribution in [0.25, 0.3) is 0 Å². The van der Waals surface area contributed by atoms with Gasteiger partial charge < -0.3 is 5.32 Å². The van der Waals surface area contributed by atoms with E-state index in [4.69, 9.17) is 11.6 Å². The van der Waals surface area contributed by atoms with Gasteiger partial charge in [0.15, 0.2) is 0 Å². The third-order valence-electron chi connectivity index (χ3n) is 1.49. The van der Waals surface area contributed by atoms with Crippen molar-refractivity contribution in [3.63, 3.8) is 0 Å². The summed E-state index contributed by atoms with van der Waals surface area (Å²) in [6, 6.07) is 5.55. The second-order valence-corrected chi connectivity index (χ2v) is 3.81. The molecule has 0 saturated heterocycles. The molecule has 0 radical (unpaired) electrons. The van der Waals surface area contributed by atoms with E-state index in [0.29, 0.717) is 10.7 Å². The third kappa shape index (κ3) is 2.94. The summed E-state index contributed by atoms with van der Waals surface area (Å²) in [6.45, 7) is 1.46. The number of carbonyl (C=O) groups is 1. The Balaban J connectivity index is 2.91. The summed E-state index contributed by atoms with van der Waals surface area (Å²) in [5.41, 5.74) is 0.659. The van der Waals surface area contributed by atoms with Gasteiger partial charge in [0.25, 0.3) is 0 Å². The van der Waals surface area contributed by atoms with Gasteiger partial charge >= 0.3 is 0 Å². The Hall–Kier alpha value is -0.670. The molecule has 0 unspecified atom stereocenters. The molecule has 4 heteroatoms. The highest BCUT2D eigenvalue weighted by Crippen LogP contribution is 2.26. The van der Waals surface area contributed by atoms with Gasteiger partial charge in [-0.1, -0.05) is 11.6 Å². The first-order valence-corrected chi connectivity index (χ1v) is 5.35. The lowest BCUT2D eigenvalue weighted by Gasteiger charge is -2.05. The molecule has 2 nitrogen and oxygen atoms in total. The maximum absolute atomic E-state index is 10.7. The number of halogens is 1. The van der Waals surface area contributed by atoms with E-state index in [-0.39, 0.29) is 5.91 Å². The summed E-state index contributed by atoms with van der Waals surface area (Å²) >= 11 is 7.54. The first-order chi connectivity index (χ1) is 6.13. The Kier molecular flexibility index (Phi) is 3.63. The van der Waals surface area contributed by atoms with E-state index >= 15 is 0 Å². The zero-order chi connectivity index (χ0) is 9.84. The molecular weight excluding hydrogens is 206 g/mol. The number of rotatable bonds is 2. The van der Waals surface area contributed by atoms with E-state index < -0.39 is 0 Å². The lowest BCUT2D eigenvalue weighted by molar-refractivity contribution is -0.114. The van der Waals surface area contributed by atoms with Gasteiger partial charge in [0.05, 0.1) is 10.7 Å². The molecule has 13 heavy (non-hydrogen) atoms. The normalized spacial score (nSPS) is 9.77. The fraction of sp³-hybridized carbons (Fsp3) is 0.222. The van der Waals surface area contributed by atoms with Crippen LogP contribution in [0.1, 0.15) is 6.92 Å². The molecule has 0 aromatic heterocycles. The predicted octanol–water partition coefficient (Wildman–Crippen LogP) is 3.02. The molecule has 1 aromatic rings. The van der Waals surface area contributed by atoms with E-state index in [9.17, 15) is 4.79 Å². The number of nitrogens with one attached hydrogen (secondary N) is 1. The molecule has 0 bridgehead atoms. The van der Waals surface area contributed by atoms with Gasteiger partial charge in [0, 0.05) is 11.8 Å². The number of anilines is 1. The molecular formula is C9H10ClNOS. The van der Waals surface area contributed by atoms with E-state index in [1.165, 1.54) is 6.92 Å². The molecule has 0 aliphatic rings. The largest absolute Gasteiger partial charge is 0.325 e. The fourth-order valence-electron chi connectivity index (χ4n) is 0.914. The van der Waals surface area contributed by atoms with Crippen LogP contribution in [0.2, 0.25) is 5.02 Å². The smallest absolute Gasteiger partial charge is 0.221 e. The predicted molar refractivity (Wildman–Crippen MR) is 57.5 cm³/mol. The van der Waals surface area contributed by atoms with Crippen molar-refractivity contribution in [3.8, 4) is 0 Å². The standard InChI is InChI=1S/C9H10ClNOS/c1-6(12)11-9-4-3-7(13-2)5-8(9)10/h3-5H,1-2H3,(H,11,12). The lowest BCUT2D eigenvalue weighted by atomic mass is 10.3. The summed E-state index contributed by atoms with van der Waals surface area (Å²) in [4.78, 5) is 11.8. The minimum absolute atomic E-state index is 0.112. The third-order valence-corrected chi connectivity index (χ3v) is 2.53. The monoisotopic (exact) mass is 215 g/mol. The van der Waals surface area contributed by atoms with Crippen molar-refractivity contribution >= 4 is 35.0 Å². The summed E-state index contributed by atoms with van der Waals surface area (Å²) in [6.07, 6.45) is 1.98. The Morgan fingerprint density at radius 2 is 2.23 bits per heavy atom. The zero-order valence-corrected chi connectivity index (χ0v) is 9.00. The minimum Gasteiger partial charge on any atom is -0.325 e. The summed E-state index contributed by atoms with van der Waals surface area (Å²) in [5, 5.41) is 3.22. The Labute approximate surface area is 86.7 Å². The SMILES string of the molecule is CSc1ccc(NC(C)=O)c(Cl)c1. The van der Waals surface area contributed by atoms with Gasteiger partial charge in [-0.3, -0.25) is 4.79 Å². The van der Waals surface area contributed by atoms with E-state index in [0.717, 1.165) is 4.90 Å². The van der Waals surface area contributed by atoms with Crippen LogP contribution in [0.5, 0.6) is 0 Å². The van der Waals surface area contributed by atoms with Crippen LogP contribution in [0, 0.1) is 0 Å². The molecule has 0 heterocycles. The van der Waals surface area contributed by atoms with Crippen molar-refractivity contribution in [1.82, 2.24) is 0 Å². The zero-order valence-electron chi connectivity index (χ0n) is 7.43. The average molecular weight is 216 g/mol. The van der Waals surface area contributed by atoms with Crippen LogP contribution in [0.4, 0.5) is 5.69 Å². The van der Waals surface area contributed by atoms with Crippen molar-refractivity contribution in [2.24, 2.45) is 0 Å². The van der Waals surface area contributed by atoms with E-state index in [2.05, 4.69) is 5.32 Å². The number of amides is 1. The molecule has 0 atom stereocenters. The highest BCUT2D eigenvalue weighted by molar-refractivity contribution is 7.98. The summed E-state index contributed by atoms with van der Waals surface area (Å²) < 4.78 is 0. The van der Waals surface area contributed by atoms with Crippen LogP contribution < -0.4 is 5.32 Å². The molecule has 0 aliphatic carbocycles. The summed E-state index contributed by atoms with van der Waals surface area (Å²) in [5.74, 6) is -0.112. The van der Waals surface area contributed by atoms with Crippen LogP contribution in [-0.2, 0) is 4.79 Å². The Morgan fingerprint density at radius 1 is 1.54 bits per heavy atom. The van der Waals surface area contributed by atoms with Crippen LogP contribution in [0.15, 0.2) is 23.1 Å². The van der Waals surface area contributed by atoms with Crippen molar-refractivity contribution in [1.29, 1.82) is 0 Å². The van der Waals surface area contributed by atoms with Gasteiger partial charge in [0.1, 0.15) is 0 Å². The first kappa shape index (κ1) is 10.4. The molecule has 1 rings (SSSR count). The molecule has 1 aromatic carbocycles. The topological polar surface area (TPSA) is 29.1 Å². The minimum atomic E-state index is -0.112. The molecule has 0 spiro atoms.